The monoisotopic (exact) mass is 285 g/mol. The largest absolute Gasteiger partial charge is 0.467 e. The van der Waals surface area contributed by atoms with E-state index in [-0.39, 0.29) is 5.97 Å². The number of ether oxygens (including phenoxy) is 1. The van der Waals surface area contributed by atoms with Gasteiger partial charge >= 0.3 is 5.97 Å². The van der Waals surface area contributed by atoms with Gasteiger partial charge in [-0.1, -0.05) is 50.2 Å². The highest BCUT2D eigenvalue weighted by atomic mass is 16.5. The normalized spacial score (nSPS) is 14.1. The van der Waals surface area contributed by atoms with Crippen molar-refractivity contribution in [2.24, 2.45) is 5.92 Å². The van der Waals surface area contributed by atoms with E-state index in [2.05, 4.69) is 37.4 Å². The van der Waals surface area contributed by atoms with Gasteiger partial charge in [0, 0.05) is 0 Å². The number of esters is 1. The predicted molar refractivity (Wildman–Crippen MR) is 86.2 cm³/mol. The van der Waals surface area contributed by atoms with E-state index in [0.29, 0.717) is 5.92 Å². The molecule has 0 radical (unpaired) electrons. The zero-order valence-electron chi connectivity index (χ0n) is 13.1. The molecule has 2 aromatic carbocycles. The summed E-state index contributed by atoms with van der Waals surface area (Å²) in [4.78, 5) is 12.3. The molecule has 0 aromatic heterocycles. The van der Waals surface area contributed by atoms with Crippen LogP contribution in [0.1, 0.15) is 26.3 Å². The van der Waals surface area contributed by atoms with Crippen molar-refractivity contribution in [3.8, 4) is 0 Å². The van der Waals surface area contributed by atoms with Gasteiger partial charge in [-0.3, -0.25) is 5.32 Å². The summed E-state index contributed by atoms with van der Waals surface area (Å²) < 4.78 is 5.01. The van der Waals surface area contributed by atoms with Gasteiger partial charge in [0.1, 0.15) is 5.54 Å². The van der Waals surface area contributed by atoms with Crippen molar-refractivity contribution in [2.45, 2.75) is 26.3 Å². The molecule has 0 fully saturated rings. The summed E-state index contributed by atoms with van der Waals surface area (Å²) in [6, 6.07) is 14.2. The van der Waals surface area contributed by atoms with Gasteiger partial charge in [0.2, 0.25) is 0 Å². The van der Waals surface area contributed by atoms with Crippen LogP contribution in [-0.2, 0) is 15.1 Å². The Kier molecular flexibility index (Phi) is 4.63. The van der Waals surface area contributed by atoms with Gasteiger partial charge < -0.3 is 4.74 Å². The Hall–Kier alpha value is -1.87. The maximum Gasteiger partial charge on any atom is 0.330 e. The van der Waals surface area contributed by atoms with E-state index in [0.717, 1.165) is 22.9 Å². The first-order valence-corrected chi connectivity index (χ1v) is 7.30. The molecule has 3 heteroatoms. The van der Waals surface area contributed by atoms with Crippen LogP contribution in [-0.4, -0.2) is 19.6 Å². The number of rotatable bonds is 5. The van der Waals surface area contributed by atoms with E-state index in [4.69, 9.17) is 4.74 Å². The fraction of sp³-hybridized carbons (Fsp3) is 0.389. The van der Waals surface area contributed by atoms with Crippen LogP contribution < -0.4 is 5.32 Å². The molecule has 0 aliphatic rings. The van der Waals surface area contributed by atoms with Crippen molar-refractivity contribution >= 4 is 16.7 Å². The highest BCUT2D eigenvalue weighted by Gasteiger charge is 2.36. The fourth-order valence-corrected chi connectivity index (χ4v) is 2.40. The van der Waals surface area contributed by atoms with Crippen LogP contribution in [0.15, 0.2) is 42.5 Å². The van der Waals surface area contributed by atoms with Crippen LogP contribution in [0.3, 0.4) is 0 Å². The minimum atomic E-state index is -0.830. The SMILES string of the molecule is COC(=O)C(C)(NCC(C)C)c1ccc2ccccc2c1. The predicted octanol–water partition coefficient (Wildman–Crippen LogP) is 3.47. The first kappa shape index (κ1) is 15.5. The maximum atomic E-state index is 12.3. The molecule has 1 atom stereocenters. The first-order chi connectivity index (χ1) is 9.97. The number of methoxy groups -OCH3 is 1. The minimum absolute atomic E-state index is 0.265. The van der Waals surface area contributed by atoms with Crippen molar-refractivity contribution < 1.29 is 9.53 Å². The van der Waals surface area contributed by atoms with Crippen LogP contribution in [0.5, 0.6) is 0 Å². The lowest BCUT2D eigenvalue weighted by molar-refractivity contribution is -0.148. The van der Waals surface area contributed by atoms with Gasteiger partial charge in [0.05, 0.1) is 7.11 Å². The van der Waals surface area contributed by atoms with Gasteiger partial charge in [-0.05, 0) is 41.8 Å². The van der Waals surface area contributed by atoms with Crippen LogP contribution in [0.25, 0.3) is 10.8 Å². The molecule has 0 spiro atoms. The van der Waals surface area contributed by atoms with Crippen LogP contribution >= 0.6 is 0 Å². The molecule has 0 heterocycles. The number of carbonyl (C=O) groups is 1. The van der Waals surface area contributed by atoms with Crippen molar-refractivity contribution in [1.29, 1.82) is 0 Å². The quantitative estimate of drug-likeness (QED) is 0.855. The maximum absolute atomic E-state index is 12.3. The molecule has 0 saturated carbocycles. The fourth-order valence-electron chi connectivity index (χ4n) is 2.40. The summed E-state index contributed by atoms with van der Waals surface area (Å²) in [7, 11) is 1.43. The molecule has 0 aliphatic carbocycles. The highest BCUT2D eigenvalue weighted by Crippen LogP contribution is 2.26. The van der Waals surface area contributed by atoms with Gasteiger partial charge in [-0.25, -0.2) is 4.79 Å². The third-order valence-corrected chi connectivity index (χ3v) is 3.78. The van der Waals surface area contributed by atoms with E-state index < -0.39 is 5.54 Å². The minimum Gasteiger partial charge on any atom is -0.467 e. The molecule has 0 bridgehead atoms. The third-order valence-electron chi connectivity index (χ3n) is 3.78. The second-order valence-electron chi connectivity index (χ2n) is 5.95. The van der Waals surface area contributed by atoms with Gasteiger partial charge in [-0.2, -0.15) is 0 Å². The zero-order chi connectivity index (χ0) is 15.5. The van der Waals surface area contributed by atoms with E-state index in [1.807, 2.05) is 31.2 Å². The lowest BCUT2D eigenvalue weighted by Crippen LogP contribution is -2.48. The summed E-state index contributed by atoms with van der Waals surface area (Å²) in [5, 5.41) is 5.64. The summed E-state index contributed by atoms with van der Waals surface area (Å²) in [5.74, 6) is 0.188. The van der Waals surface area contributed by atoms with Gasteiger partial charge in [0.15, 0.2) is 0 Å². The Bertz CT molecular complexity index is 636. The first-order valence-electron chi connectivity index (χ1n) is 7.30. The van der Waals surface area contributed by atoms with Crippen LogP contribution in [0.2, 0.25) is 0 Å². The number of carbonyl (C=O) groups excluding carboxylic acids is 1. The summed E-state index contributed by atoms with van der Waals surface area (Å²) >= 11 is 0. The second kappa shape index (κ2) is 6.27. The molecule has 1 unspecified atom stereocenters. The van der Waals surface area contributed by atoms with Gasteiger partial charge in [0.25, 0.3) is 0 Å². The van der Waals surface area contributed by atoms with Crippen molar-refractivity contribution in [3.05, 3.63) is 48.0 Å². The van der Waals surface area contributed by atoms with Crippen LogP contribution in [0, 0.1) is 5.92 Å². The lowest BCUT2D eigenvalue weighted by atomic mass is 9.89. The standard InChI is InChI=1S/C18H23NO2/c1-13(2)12-19-18(3,17(20)21-4)16-10-9-14-7-5-6-8-15(14)11-16/h5-11,13,19H,12H2,1-4H3. The number of nitrogens with one attached hydrogen (secondary N) is 1. The summed E-state index contributed by atoms with van der Waals surface area (Å²) in [6.45, 7) is 6.86. The second-order valence-corrected chi connectivity index (χ2v) is 5.95. The Labute approximate surface area is 126 Å². The van der Waals surface area contributed by atoms with E-state index in [1.165, 1.54) is 7.11 Å². The smallest absolute Gasteiger partial charge is 0.330 e. The van der Waals surface area contributed by atoms with Crippen molar-refractivity contribution in [1.82, 2.24) is 5.32 Å². The molecule has 2 rings (SSSR count). The zero-order valence-corrected chi connectivity index (χ0v) is 13.1. The number of benzene rings is 2. The Morgan fingerprint density at radius 1 is 1.19 bits per heavy atom. The summed E-state index contributed by atoms with van der Waals surface area (Å²) in [6.07, 6.45) is 0. The molecular formula is C18H23NO2. The molecule has 21 heavy (non-hydrogen) atoms. The lowest BCUT2D eigenvalue weighted by Gasteiger charge is -2.29. The van der Waals surface area contributed by atoms with Crippen molar-refractivity contribution in [3.63, 3.8) is 0 Å². The van der Waals surface area contributed by atoms with E-state index in [1.54, 1.807) is 0 Å². The average Bonchev–Trinajstić information content (AvgIpc) is 2.51. The molecule has 1 N–H and O–H groups in total. The van der Waals surface area contributed by atoms with E-state index in [9.17, 15) is 4.79 Å². The number of hydrogen-bond acceptors (Lipinski definition) is 3. The Balaban J connectivity index is 2.44. The summed E-state index contributed by atoms with van der Waals surface area (Å²) in [5.41, 5.74) is 0.0944. The number of hydrogen-bond donors (Lipinski definition) is 1. The molecule has 112 valence electrons. The molecule has 0 saturated heterocycles. The Morgan fingerprint density at radius 2 is 1.86 bits per heavy atom. The molecule has 0 amide bonds. The number of fused-ring (bicyclic) bond motifs is 1. The van der Waals surface area contributed by atoms with Crippen LogP contribution in [0.4, 0.5) is 0 Å². The Morgan fingerprint density at radius 3 is 2.48 bits per heavy atom. The molecule has 0 aliphatic heterocycles. The molecular weight excluding hydrogens is 262 g/mol. The van der Waals surface area contributed by atoms with Gasteiger partial charge in [-0.15, -0.1) is 0 Å². The van der Waals surface area contributed by atoms with Crippen molar-refractivity contribution in [2.75, 3.05) is 13.7 Å². The average molecular weight is 285 g/mol. The molecule has 3 nitrogen and oxygen atoms in total. The topological polar surface area (TPSA) is 38.3 Å². The third kappa shape index (κ3) is 3.24. The highest BCUT2D eigenvalue weighted by molar-refractivity contribution is 5.87. The molecule has 2 aromatic rings. The van der Waals surface area contributed by atoms with E-state index >= 15 is 0 Å².